The SMILES string of the molecule is Cc1ccccc1N1C(=O)/C(=C\c2ccc(-c3ccc([N+](=O)[O-])cc3)o2)SC1=S. The number of anilines is 1. The molecule has 2 aromatic carbocycles. The Morgan fingerprint density at radius 2 is 1.83 bits per heavy atom. The summed E-state index contributed by atoms with van der Waals surface area (Å²) in [6.45, 7) is 1.93. The van der Waals surface area contributed by atoms with Gasteiger partial charge in [0, 0.05) is 23.8 Å². The van der Waals surface area contributed by atoms with Gasteiger partial charge >= 0.3 is 0 Å². The minimum absolute atomic E-state index is 0.0143. The first kappa shape index (κ1) is 19.1. The average Bonchev–Trinajstić information content (AvgIpc) is 3.27. The van der Waals surface area contributed by atoms with E-state index in [1.165, 1.54) is 28.8 Å². The van der Waals surface area contributed by atoms with Crippen LogP contribution in [0.1, 0.15) is 11.3 Å². The van der Waals surface area contributed by atoms with Gasteiger partial charge in [-0.05, 0) is 42.8 Å². The van der Waals surface area contributed by atoms with Crippen LogP contribution in [0.5, 0.6) is 0 Å². The molecular formula is C21H14N2O4S2. The van der Waals surface area contributed by atoms with Crippen LogP contribution < -0.4 is 4.90 Å². The van der Waals surface area contributed by atoms with Crippen molar-refractivity contribution in [3.05, 3.63) is 87.0 Å². The number of benzene rings is 2. The average molecular weight is 422 g/mol. The van der Waals surface area contributed by atoms with E-state index in [4.69, 9.17) is 16.6 Å². The normalized spacial score (nSPS) is 15.3. The highest BCUT2D eigenvalue weighted by Gasteiger charge is 2.34. The van der Waals surface area contributed by atoms with Gasteiger partial charge in [-0.2, -0.15) is 0 Å². The van der Waals surface area contributed by atoms with Crippen molar-refractivity contribution in [1.29, 1.82) is 0 Å². The zero-order valence-corrected chi connectivity index (χ0v) is 16.8. The number of hydrogen-bond acceptors (Lipinski definition) is 6. The first-order valence-electron chi connectivity index (χ1n) is 8.62. The summed E-state index contributed by atoms with van der Waals surface area (Å²) < 4.78 is 6.28. The van der Waals surface area contributed by atoms with E-state index in [2.05, 4.69) is 0 Å². The van der Waals surface area contributed by atoms with E-state index in [9.17, 15) is 14.9 Å². The van der Waals surface area contributed by atoms with E-state index in [-0.39, 0.29) is 11.6 Å². The van der Waals surface area contributed by atoms with Gasteiger partial charge in [-0.15, -0.1) is 0 Å². The van der Waals surface area contributed by atoms with Crippen LogP contribution in [-0.2, 0) is 4.79 Å². The molecule has 1 saturated heterocycles. The van der Waals surface area contributed by atoms with Crippen molar-refractivity contribution in [2.75, 3.05) is 4.90 Å². The Morgan fingerprint density at radius 1 is 1.10 bits per heavy atom. The number of nitro groups is 1. The molecule has 3 aromatic rings. The first-order chi connectivity index (χ1) is 13.9. The summed E-state index contributed by atoms with van der Waals surface area (Å²) in [6.07, 6.45) is 1.66. The number of hydrogen-bond donors (Lipinski definition) is 0. The Hall–Kier alpha value is -3.23. The summed E-state index contributed by atoms with van der Waals surface area (Å²) in [5, 5.41) is 10.8. The van der Waals surface area contributed by atoms with Gasteiger partial charge in [-0.3, -0.25) is 19.8 Å². The van der Waals surface area contributed by atoms with E-state index in [1.54, 1.807) is 30.3 Å². The van der Waals surface area contributed by atoms with Crippen molar-refractivity contribution in [2.24, 2.45) is 0 Å². The lowest BCUT2D eigenvalue weighted by molar-refractivity contribution is -0.384. The molecule has 0 N–H and O–H groups in total. The molecule has 8 heteroatoms. The highest BCUT2D eigenvalue weighted by molar-refractivity contribution is 8.27. The molecule has 0 unspecified atom stereocenters. The van der Waals surface area contributed by atoms with Crippen molar-refractivity contribution in [3.8, 4) is 11.3 Å². The zero-order valence-electron chi connectivity index (χ0n) is 15.2. The molecule has 0 aliphatic carbocycles. The number of thiocarbonyl (C=S) groups is 1. The molecule has 1 amide bonds. The number of non-ortho nitro benzene ring substituents is 1. The maximum absolute atomic E-state index is 12.9. The molecule has 29 heavy (non-hydrogen) atoms. The summed E-state index contributed by atoms with van der Waals surface area (Å²) >= 11 is 6.63. The number of para-hydroxylation sites is 1. The summed E-state index contributed by atoms with van der Waals surface area (Å²) in [5.74, 6) is 0.867. The van der Waals surface area contributed by atoms with Crippen LogP contribution >= 0.6 is 24.0 Å². The molecule has 0 radical (unpaired) electrons. The molecule has 1 aliphatic heterocycles. The Labute approximate surface area is 176 Å². The molecule has 2 heterocycles. The Bertz CT molecular complexity index is 1170. The molecule has 0 spiro atoms. The van der Waals surface area contributed by atoms with Crippen molar-refractivity contribution >= 4 is 51.7 Å². The predicted octanol–water partition coefficient (Wildman–Crippen LogP) is 5.57. The fraction of sp³-hybridized carbons (Fsp3) is 0.0476. The van der Waals surface area contributed by atoms with Crippen molar-refractivity contribution in [3.63, 3.8) is 0 Å². The van der Waals surface area contributed by atoms with Gasteiger partial charge < -0.3 is 4.42 Å². The molecule has 1 aliphatic rings. The molecule has 4 rings (SSSR count). The molecule has 0 saturated carbocycles. The van der Waals surface area contributed by atoms with Crippen molar-refractivity contribution in [1.82, 2.24) is 0 Å². The van der Waals surface area contributed by atoms with Crippen LogP contribution in [0, 0.1) is 17.0 Å². The summed E-state index contributed by atoms with van der Waals surface area (Å²) in [7, 11) is 0. The van der Waals surface area contributed by atoms with Crippen LogP contribution in [0.25, 0.3) is 17.4 Å². The van der Waals surface area contributed by atoms with Gasteiger partial charge in [0.25, 0.3) is 11.6 Å². The van der Waals surface area contributed by atoms with Gasteiger partial charge in [0.1, 0.15) is 11.5 Å². The molecule has 1 aromatic heterocycles. The van der Waals surface area contributed by atoms with Gasteiger partial charge in [-0.25, -0.2) is 0 Å². The lowest BCUT2D eigenvalue weighted by Gasteiger charge is -2.16. The number of rotatable bonds is 4. The third-order valence-corrected chi connectivity index (χ3v) is 5.72. The van der Waals surface area contributed by atoms with Gasteiger partial charge in [0.05, 0.1) is 15.5 Å². The third kappa shape index (κ3) is 3.72. The number of amides is 1. The smallest absolute Gasteiger partial charge is 0.270 e. The second-order valence-corrected chi connectivity index (χ2v) is 7.99. The number of thioether (sulfide) groups is 1. The van der Waals surface area contributed by atoms with Crippen LogP contribution in [0.2, 0.25) is 0 Å². The van der Waals surface area contributed by atoms with E-state index < -0.39 is 4.92 Å². The van der Waals surface area contributed by atoms with E-state index in [0.29, 0.717) is 26.3 Å². The molecule has 1 fully saturated rings. The van der Waals surface area contributed by atoms with Crippen molar-refractivity contribution < 1.29 is 14.1 Å². The second-order valence-electron chi connectivity index (χ2n) is 6.31. The van der Waals surface area contributed by atoms with Crippen LogP contribution in [-0.4, -0.2) is 15.2 Å². The lowest BCUT2D eigenvalue weighted by Crippen LogP contribution is -2.28. The maximum atomic E-state index is 12.9. The number of furan rings is 1. The second kappa shape index (κ2) is 7.65. The van der Waals surface area contributed by atoms with Crippen LogP contribution in [0.3, 0.4) is 0 Å². The Morgan fingerprint density at radius 3 is 2.52 bits per heavy atom. The highest BCUT2D eigenvalue weighted by atomic mass is 32.2. The fourth-order valence-corrected chi connectivity index (χ4v) is 4.22. The zero-order chi connectivity index (χ0) is 20.5. The minimum atomic E-state index is -0.451. The monoisotopic (exact) mass is 422 g/mol. The molecule has 0 atom stereocenters. The quantitative estimate of drug-likeness (QED) is 0.237. The number of carbonyl (C=O) groups excluding carboxylic acids is 1. The number of nitrogens with zero attached hydrogens (tertiary/aromatic N) is 2. The summed E-state index contributed by atoms with van der Waals surface area (Å²) in [4.78, 5) is 25.2. The van der Waals surface area contributed by atoms with E-state index in [1.807, 2.05) is 31.2 Å². The van der Waals surface area contributed by atoms with E-state index >= 15 is 0 Å². The number of carbonyl (C=O) groups is 1. The minimum Gasteiger partial charge on any atom is -0.457 e. The van der Waals surface area contributed by atoms with E-state index in [0.717, 1.165) is 11.3 Å². The summed E-state index contributed by atoms with van der Waals surface area (Å²) in [6, 6.07) is 17.2. The largest absolute Gasteiger partial charge is 0.457 e. The predicted molar refractivity (Wildman–Crippen MR) is 118 cm³/mol. The Kier molecular flexibility index (Phi) is 5.04. The highest BCUT2D eigenvalue weighted by Crippen LogP contribution is 2.37. The molecular weight excluding hydrogens is 408 g/mol. The van der Waals surface area contributed by atoms with Gasteiger partial charge in [0.15, 0.2) is 4.32 Å². The fourth-order valence-electron chi connectivity index (χ4n) is 2.95. The standard InChI is InChI=1S/C21H14N2O4S2/c1-13-4-2-3-5-17(13)22-20(24)19(29-21(22)28)12-16-10-11-18(27-16)14-6-8-15(9-7-14)23(25)26/h2-12H,1H3/b19-12+. The topological polar surface area (TPSA) is 76.6 Å². The van der Waals surface area contributed by atoms with Gasteiger partial charge in [-0.1, -0.05) is 42.2 Å². The number of nitro benzene ring substituents is 1. The molecule has 0 bridgehead atoms. The lowest BCUT2D eigenvalue weighted by atomic mass is 10.1. The van der Waals surface area contributed by atoms with Crippen molar-refractivity contribution in [2.45, 2.75) is 6.92 Å². The third-order valence-electron chi connectivity index (χ3n) is 4.41. The molecule has 144 valence electrons. The summed E-state index contributed by atoms with van der Waals surface area (Å²) in [5.41, 5.74) is 2.45. The maximum Gasteiger partial charge on any atom is 0.270 e. The van der Waals surface area contributed by atoms with Crippen LogP contribution in [0.4, 0.5) is 11.4 Å². The van der Waals surface area contributed by atoms with Gasteiger partial charge in [0.2, 0.25) is 0 Å². The first-order valence-corrected chi connectivity index (χ1v) is 9.85. The number of aryl methyl sites for hydroxylation is 1. The Balaban J connectivity index is 1.59. The van der Waals surface area contributed by atoms with Crippen LogP contribution in [0.15, 0.2) is 70.0 Å². The molecule has 6 nitrogen and oxygen atoms in total.